The summed E-state index contributed by atoms with van der Waals surface area (Å²) in [4.78, 5) is 11.5. The number of ether oxygens (including phenoxy) is 4. The van der Waals surface area contributed by atoms with E-state index in [2.05, 4.69) is 5.32 Å². The lowest BCUT2D eigenvalue weighted by atomic mass is 10.0. The van der Waals surface area contributed by atoms with Gasteiger partial charge in [-0.1, -0.05) is 0 Å². The Morgan fingerprint density at radius 1 is 1.05 bits per heavy atom. The van der Waals surface area contributed by atoms with Gasteiger partial charge in [0.15, 0.2) is 11.5 Å². The van der Waals surface area contributed by atoms with E-state index in [0.717, 1.165) is 5.56 Å². The van der Waals surface area contributed by atoms with Crippen LogP contribution < -0.4 is 19.5 Å². The number of esters is 1. The molecule has 1 unspecified atom stereocenters. The predicted octanol–water partition coefficient (Wildman–Crippen LogP) is 1.54. The lowest BCUT2D eigenvalue weighted by Crippen LogP contribution is -2.21. The third kappa shape index (κ3) is 3.54. The van der Waals surface area contributed by atoms with Gasteiger partial charge in [0, 0.05) is 17.7 Å². The second-order valence-electron chi connectivity index (χ2n) is 4.07. The highest BCUT2D eigenvalue weighted by atomic mass is 16.5. The van der Waals surface area contributed by atoms with E-state index in [0.29, 0.717) is 17.2 Å². The molecule has 1 atom stereocenters. The molecule has 0 radical (unpaired) electrons. The smallest absolute Gasteiger partial charge is 0.307 e. The molecule has 0 saturated heterocycles. The fraction of sp³-hybridized carbons (Fsp3) is 0.500. The Morgan fingerprint density at radius 2 is 1.60 bits per heavy atom. The van der Waals surface area contributed by atoms with Crippen LogP contribution in [0.2, 0.25) is 0 Å². The number of nitrogens with one attached hydrogen (secondary N) is 1. The molecule has 0 aliphatic carbocycles. The van der Waals surface area contributed by atoms with Crippen molar-refractivity contribution in [3.63, 3.8) is 0 Å². The molecule has 20 heavy (non-hydrogen) atoms. The van der Waals surface area contributed by atoms with Crippen molar-refractivity contribution in [2.24, 2.45) is 0 Å². The second kappa shape index (κ2) is 7.59. The van der Waals surface area contributed by atoms with E-state index in [9.17, 15) is 4.79 Å². The number of methoxy groups -OCH3 is 4. The number of rotatable bonds is 7. The molecule has 1 rings (SSSR count). The van der Waals surface area contributed by atoms with Crippen LogP contribution in [0.4, 0.5) is 0 Å². The lowest BCUT2D eigenvalue weighted by molar-refractivity contribution is -0.141. The molecule has 0 aliphatic heterocycles. The molecular formula is C14H21NO5. The van der Waals surface area contributed by atoms with Gasteiger partial charge in [-0.25, -0.2) is 0 Å². The van der Waals surface area contributed by atoms with E-state index in [-0.39, 0.29) is 18.4 Å². The van der Waals surface area contributed by atoms with Crippen molar-refractivity contribution in [3.8, 4) is 17.2 Å². The normalized spacial score (nSPS) is 11.7. The van der Waals surface area contributed by atoms with Crippen LogP contribution >= 0.6 is 0 Å². The van der Waals surface area contributed by atoms with Gasteiger partial charge in [-0.15, -0.1) is 0 Å². The van der Waals surface area contributed by atoms with E-state index in [4.69, 9.17) is 18.9 Å². The summed E-state index contributed by atoms with van der Waals surface area (Å²) < 4.78 is 20.6. The monoisotopic (exact) mass is 283 g/mol. The summed E-state index contributed by atoms with van der Waals surface area (Å²) in [5, 5.41) is 3.07. The number of hydrogen-bond donors (Lipinski definition) is 1. The number of carbonyl (C=O) groups is 1. The lowest BCUT2D eigenvalue weighted by Gasteiger charge is -2.20. The molecule has 0 fully saturated rings. The molecular weight excluding hydrogens is 262 g/mol. The molecule has 0 amide bonds. The van der Waals surface area contributed by atoms with E-state index < -0.39 is 0 Å². The molecule has 112 valence electrons. The molecule has 1 aromatic carbocycles. The molecule has 0 spiro atoms. The van der Waals surface area contributed by atoms with E-state index in [1.54, 1.807) is 40.5 Å². The third-order valence-corrected chi connectivity index (χ3v) is 3.06. The molecule has 0 saturated carbocycles. The van der Waals surface area contributed by atoms with Crippen molar-refractivity contribution in [1.82, 2.24) is 5.32 Å². The molecule has 0 aliphatic rings. The first-order valence-corrected chi connectivity index (χ1v) is 6.15. The van der Waals surface area contributed by atoms with Crippen LogP contribution in [-0.4, -0.2) is 41.5 Å². The van der Waals surface area contributed by atoms with Crippen LogP contribution in [0.15, 0.2) is 12.1 Å². The molecule has 0 heterocycles. The summed E-state index contributed by atoms with van der Waals surface area (Å²) in [5.74, 6) is 1.46. The van der Waals surface area contributed by atoms with Crippen molar-refractivity contribution in [3.05, 3.63) is 17.7 Å². The SMILES string of the molecule is CNC(CC(=O)OC)c1cc(OC)c(OC)cc1OC. The van der Waals surface area contributed by atoms with Gasteiger partial charge in [-0.2, -0.15) is 0 Å². The average Bonchev–Trinajstić information content (AvgIpc) is 2.50. The fourth-order valence-electron chi connectivity index (χ4n) is 1.94. The number of benzene rings is 1. The van der Waals surface area contributed by atoms with Crippen LogP contribution in [0.3, 0.4) is 0 Å². The summed E-state index contributed by atoms with van der Waals surface area (Å²) in [6.07, 6.45) is 0.193. The maximum Gasteiger partial charge on any atom is 0.307 e. The zero-order valence-electron chi connectivity index (χ0n) is 12.5. The molecule has 1 N–H and O–H groups in total. The maximum atomic E-state index is 11.5. The molecule has 6 heteroatoms. The third-order valence-electron chi connectivity index (χ3n) is 3.06. The van der Waals surface area contributed by atoms with Crippen molar-refractivity contribution in [2.45, 2.75) is 12.5 Å². The van der Waals surface area contributed by atoms with Gasteiger partial charge in [0.25, 0.3) is 0 Å². The van der Waals surface area contributed by atoms with Gasteiger partial charge in [0.1, 0.15) is 5.75 Å². The van der Waals surface area contributed by atoms with Crippen LogP contribution in [0.5, 0.6) is 17.2 Å². The topological polar surface area (TPSA) is 66.0 Å². The Kier molecular flexibility index (Phi) is 6.11. The minimum Gasteiger partial charge on any atom is -0.496 e. The maximum absolute atomic E-state index is 11.5. The molecule has 6 nitrogen and oxygen atoms in total. The zero-order valence-corrected chi connectivity index (χ0v) is 12.5. The Labute approximate surface area is 119 Å². The van der Waals surface area contributed by atoms with E-state index in [1.807, 2.05) is 0 Å². The second-order valence-corrected chi connectivity index (χ2v) is 4.07. The Hall–Kier alpha value is -1.95. The molecule has 0 aromatic heterocycles. The molecule has 1 aromatic rings. The van der Waals surface area contributed by atoms with Gasteiger partial charge >= 0.3 is 5.97 Å². The summed E-state index contributed by atoms with van der Waals surface area (Å²) in [5.41, 5.74) is 0.804. The predicted molar refractivity (Wildman–Crippen MR) is 74.5 cm³/mol. The summed E-state index contributed by atoms with van der Waals surface area (Å²) in [7, 11) is 7.81. The first-order chi connectivity index (χ1) is 9.60. The van der Waals surface area contributed by atoms with E-state index in [1.165, 1.54) is 7.11 Å². The average molecular weight is 283 g/mol. The van der Waals surface area contributed by atoms with E-state index >= 15 is 0 Å². The Bertz CT molecular complexity index is 461. The summed E-state index contributed by atoms with van der Waals surface area (Å²) in [6, 6.07) is 3.29. The standard InChI is InChI=1S/C14H21NO5/c1-15-10(7-14(16)20-5)9-6-12(18-3)13(19-4)8-11(9)17-2/h6,8,10,15H,7H2,1-5H3. The fourth-order valence-corrected chi connectivity index (χ4v) is 1.94. The summed E-state index contributed by atoms with van der Waals surface area (Å²) >= 11 is 0. The van der Waals surface area contributed by atoms with Crippen LogP contribution in [-0.2, 0) is 9.53 Å². The summed E-state index contributed by atoms with van der Waals surface area (Å²) in [6.45, 7) is 0. The van der Waals surface area contributed by atoms with Crippen molar-refractivity contribution < 1.29 is 23.7 Å². The largest absolute Gasteiger partial charge is 0.496 e. The zero-order chi connectivity index (χ0) is 15.1. The quantitative estimate of drug-likeness (QED) is 0.766. The van der Waals surface area contributed by atoms with Crippen molar-refractivity contribution in [2.75, 3.05) is 35.5 Å². The van der Waals surface area contributed by atoms with Crippen molar-refractivity contribution in [1.29, 1.82) is 0 Å². The Morgan fingerprint density at radius 3 is 2.05 bits per heavy atom. The van der Waals surface area contributed by atoms with Crippen LogP contribution in [0.1, 0.15) is 18.0 Å². The van der Waals surface area contributed by atoms with Crippen LogP contribution in [0.25, 0.3) is 0 Å². The first-order valence-electron chi connectivity index (χ1n) is 6.15. The van der Waals surface area contributed by atoms with Crippen molar-refractivity contribution >= 4 is 5.97 Å². The highest BCUT2D eigenvalue weighted by molar-refractivity contribution is 5.70. The van der Waals surface area contributed by atoms with Gasteiger partial charge in [-0.3, -0.25) is 4.79 Å². The highest BCUT2D eigenvalue weighted by Crippen LogP contribution is 2.38. The van der Waals surface area contributed by atoms with Gasteiger partial charge < -0.3 is 24.3 Å². The molecule has 0 bridgehead atoms. The van der Waals surface area contributed by atoms with Gasteiger partial charge in [-0.05, 0) is 13.1 Å². The van der Waals surface area contributed by atoms with Gasteiger partial charge in [0.2, 0.25) is 0 Å². The minimum absolute atomic E-state index is 0.193. The van der Waals surface area contributed by atoms with Gasteiger partial charge in [0.05, 0.1) is 34.9 Å². The Balaban J connectivity index is 3.22. The minimum atomic E-state index is -0.304. The number of carbonyl (C=O) groups excluding carboxylic acids is 1. The highest BCUT2D eigenvalue weighted by Gasteiger charge is 2.21. The number of hydrogen-bond acceptors (Lipinski definition) is 6. The van der Waals surface area contributed by atoms with Crippen LogP contribution in [0, 0.1) is 0 Å². The first kappa shape index (κ1) is 16.1.